The molecule has 0 radical (unpaired) electrons. The summed E-state index contributed by atoms with van der Waals surface area (Å²) in [5.41, 5.74) is 0.811. The van der Waals surface area contributed by atoms with Gasteiger partial charge in [0.2, 0.25) is 0 Å². The van der Waals surface area contributed by atoms with Gasteiger partial charge in [-0.3, -0.25) is 0 Å². The van der Waals surface area contributed by atoms with E-state index in [0.29, 0.717) is 5.92 Å². The predicted molar refractivity (Wildman–Crippen MR) is 82.5 cm³/mol. The Morgan fingerprint density at radius 1 is 1.15 bits per heavy atom. The average molecular weight is 281 g/mol. The minimum absolute atomic E-state index is 0.0949. The van der Waals surface area contributed by atoms with Gasteiger partial charge >= 0.3 is 0 Å². The highest BCUT2D eigenvalue weighted by molar-refractivity contribution is 5.17. The van der Waals surface area contributed by atoms with Crippen LogP contribution in [-0.2, 0) is 11.2 Å². The van der Waals surface area contributed by atoms with Crippen LogP contribution in [0.3, 0.4) is 0 Å². The van der Waals surface area contributed by atoms with Crippen molar-refractivity contribution in [1.29, 1.82) is 0 Å². The fourth-order valence-electron chi connectivity index (χ4n) is 2.23. The van der Waals surface area contributed by atoms with Crippen molar-refractivity contribution < 1.29 is 9.13 Å². The molecule has 0 spiro atoms. The van der Waals surface area contributed by atoms with Gasteiger partial charge < -0.3 is 10.1 Å². The Morgan fingerprint density at radius 2 is 1.95 bits per heavy atom. The molecule has 0 aliphatic heterocycles. The molecule has 1 aromatic carbocycles. The van der Waals surface area contributed by atoms with Crippen molar-refractivity contribution in [1.82, 2.24) is 5.32 Å². The first-order chi connectivity index (χ1) is 9.77. The van der Waals surface area contributed by atoms with Crippen molar-refractivity contribution in [3.8, 4) is 0 Å². The van der Waals surface area contributed by atoms with Crippen LogP contribution in [0.2, 0.25) is 0 Å². The molecule has 1 rings (SSSR count). The molecule has 1 atom stereocenters. The number of nitrogens with one attached hydrogen (secondary N) is 1. The third kappa shape index (κ3) is 7.01. The molecule has 114 valence electrons. The number of halogens is 1. The molecule has 0 fully saturated rings. The maximum absolute atomic E-state index is 13.7. The summed E-state index contributed by atoms with van der Waals surface area (Å²) in [5, 5.41) is 3.44. The lowest BCUT2D eigenvalue weighted by atomic mass is 9.96. The van der Waals surface area contributed by atoms with Gasteiger partial charge in [-0.05, 0) is 56.3 Å². The third-order valence-electron chi connectivity index (χ3n) is 3.35. The molecule has 3 heteroatoms. The van der Waals surface area contributed by atoms with Crippen LogP contribution in [0, 0.1) is 11.7 Å². The van der Waals surface area contributed by atoms with Gasteiger partial charge in [0.1, 0.15) is 5.82 Å². The maximum atomic E-state index is 13.7. The van der Waals surface area contributed by atoms with Crippen LogP contribution in [0.4, 0.5) is 4.39 Å². The van der Waals surface area contributed by atoms with Gasteiger partial charge in [-0.2, -0.15) is 0 Å². The molecule has 2 nitrogen and oxygen atoms in total. The fraction of sp³-hybridized carbons (Fsp3) is 0.647. The van der Waals surface area contributed by atoms with Crippen LogP contribution in [0.5, 0.6) is 0 Å². The van der Waals surface area contributed by atoms with Crippen molar-refractivity contribution in [2.75, 3.05) is 26.3 Å². The largest absolute Gasteiger partial charge is 0.381 e. The Morgan fingerprint density at radius 3 is 2.65 bits per heavy atom. The highest BCUT2D eigenvalue weighted by Crippen LogP contribution is 2.15. The van der Waals surface area contributed by atoms with Crippen molar-refractivity contribution in [3.05, 3.63) is 35.6 Å². The molecule has 0 bridgehead atoms. The lowest BCUT2D eigenvalue weighted by molar-refractivity contribution is 0.120. The van der Waals surface area contributed by atoms with Crippen LogP contribution in [0.25, 0.3) is 0 Å². The summed E-state index contributed by atoms with van der Waals surface area (Å²) in [6.45, 7) is 7.79. The maximum Gasteiger partial charge on any atom is 0.126 e. The Hall–Kier alpha value is -0.930. The molecule has 0 aromatic heterocycles. The summed E-state index contributed by atoms with van der Waals surface area (Å²) < 4.78 is 19.3. The fourth-order valence-corrected chi connectivity index (χ4v) is 2.23. The second-order valence-electron chi connectivity index (χ2n) is 5.27. The first-order valence-corrected chi connectivity index (χ1v) is 7.79. The van der Waals surface area contributed by atoms with E-state index >= 15 is 0 Å². The van der Waals surface area contributed by atoms with Crippen molar-refractivity contribution in [3.63, 3.8) is 0 Å². The number of ether oxygens (including phenoxy) is 1. The first-order valence-electron chi connectivity index (χ1n) is 7.79. The molecule has 0 amide bonds. The van der Waals surface area contributed by atoms with E-state index in [2.05, 4.69) is 19.2 Å². The lowest BCUT2D eigenvalue weighted by Gasteiger charge is -2.18. The zero-order valence-corrected chi connectivity index (χ0v) is 12.8. The molecule has 1 unspecified atom stereocenters. The third-order valence-corrected chi connectivity index (χ3v) is 3.35. The van der Waals surface area contributed by atoms with Crippen LogP contribution >= 0.6 is 0 Å². The van der Waals surface area contributed by atoms with Crippen LogP contribution in [-0.4, -0.2) is 26.3 Å². The molecule has 0 aliphatic carbocycles. The van der Waals surface area contributed by atoms with E-state index in [1.165, 1.54) is 0 Å². The van der Waals surface area contributed by atoms with Gasteiger partial charge in [-0.1, -0.05) is 32.0 Å². The molecule has 1 N–H and O–H groups in total. The molecule has 0 aliphatic rings. The topological polar surface area (TPSA) is 21.3 Å². The highest BCUT2D eigenvalue weighted by atomic mass is 19.1. The van der Waals surface area contributed by atoms with Gasteiger partial charge in [0.05, 0.1) is 0 Å². The van der Waals surface area contributed by atoms with E-state index in [1.54, 1.807) is 12.1 Å². The van der Waals surface area contributed by atoms with Gasteiger partial charge in [0, 0.05) is 13.2 Å². The second-order valence-corrected chi connectivity index (χ2v) is 5.27. The molecule has 20 heavy (non-hydrogen) atoms. The van der Waals surface area contributed by atoms with Crippen molar-refractivity contribution in [2.45, 2.75) is 39.5 Å². The zero-order valence-electron chi connectivity index (χ0n) is 12.8. The van der Waals surface area contributed by atoms with Crippen LogP contribution in [0.1, 0.15) is 38.7 Å². The summed E-state index contributed by atoms with van der Waals surface area (Å²) in [6, 6.07) is 7.07. The Bertz CT molecular complexity index is 357. The van der Waals surface area contributed by atoms with Gasteiger partial charge in [-0.25, -0.2) is 4.39 Å². The molecular formula is C17H28FNO. The number of hydrogen-bond acceptors (Lipinski definition) is 2. The molecule has 0 saturated heterocycles. The van der Waals surface area contributed by atoms with Crippen molar-refractivity contribution in [2.24, 2.45) is 5.92 Å². The molecule has 0 saturated carbocycles. The van der Waals surface area contributed by atoms with E-state index in [0.717, 1.165) is 57.6 Å². The van der Waals surface area contributed by atoms with E-state index in [4.69, 9.17) is 4.74 Å². The van der Waals surface area contributed by atoms with Gasteiger partial charge in [0.15, 0.2) is 0 Å². The molecule has 1 aromatic rings. The SMILES string of the molecule is CCCNCC(CCOCCC)Cc1ccccc1F. The summed E-state index contributed by atoms with van der Waals surface area (Å²) in [7, 11) is 0. The molecular weight excluding hydrogens is 253 g/mol. The van der Waals surface area contributed by atoms with Gasteiger partial charge in [-0.15, -0.1) is 0 Å². The summed E-state index contributed by atoms with van der Waals surface area (Å²) in [5.74, 6) is 0.331. The van der Waals surface area contributed by atoms with Crippen LogP contribution in [0.15, 0.2) is 24.3 Å². The zero-order chi connectivity index (χ0) is 14.6. The summed E-state index contributed by atoms with van der Waals surface area (Å²) in [4.78, 5) is 0. The summed E-state index contributed by atoms with van der Waals surface area (Å²) in [6.07, 6.45) is 3.93. The van der Waals surface area contributed by atoms with E-state index < -0.39 is 0 Å². The second kappa shape index (κ2) is 10.8. The van der Waals surface area contributed by atoms with E-state index in [-0.39, 0.29) is 5.82 Å². The monoisotopic (exact) mass is 281 g/mol. The Balaban J connectivity index is 2.46. The normalized spacial score (nSPS) is 12.6. The average Bonchev–Trinajstić information content (AvgIpc) is 2.46. The Kier molecular flexibility index (Phi) is 9.25. The standard InChI is InChI=1S/C17H28FNO/c1-3-10-19-14-15(9-12-20-11-4-2)13-16-7-5-6-8-17(16)18/h5-8,15,19H,3-4,9-14H2,1-2H3. The van der Waals surface area contributed by atoms with E-state index in [9.17, 15) is 4.39 Å². The molecule has 0 heterocycles. The smallest absolute Gasteiger partial charge is 0.126 e. The predicted octanol–water partition coefficient (Wildman–Crippen LogP) is 3.80. The highest BCUT2D eigenvalue weighted by Gasteiger charge is 2.12. The quantitative estimate of drug-likeness (QED) is 0.623. The van der Waals surface area contributed by atoms with E-state index in [1.807, 2.05) is 12.1 Å². The van der Waals surface area contributed by atoms with Gasteiger partial charge in [0.25, 0.3) is 0 Å². The first kappa shape index (κ1) is 17.1. The number of hydrogen-bond donors (Lipinski definition) is 1. The minimum atomic E-state index is -0.0949. The number of rotatable bonds is 11. The van der Waals surface area contributed by atoms with Crippen LogP contribution < -0.4 is 5.32 Å². The summed E-state index contributed by atoms with van der Waals surface area (Å²) >= 11 is 0. The minimum Gasteiger partial charge on any atom is -0.381 e. The lowest BCUT2D eigenvalue weighted by Crippen LogP contribution is -2.26. The Labute approximate surface area is 122 Å². The van der Waals surface area contributed by atoms with Crippen molar-refractivity contribution >= 4 is 0 Å². The number of benzene rings is 1.